The van der Waals surface area contributed by atoms with Crippen LogP contribution in [0.15, 0.2) is 30.3 Å². The smallest absolute Gasteiger partial charge is 0.305 e. The van der Waals surface area contributed by atoms with Gasteiger partial charge in [-0.2, -0.15) is 0 Å². The van der Waals surface area contributed by atoms with Crippen molar-refractivity contribution in [1.29, 1.82) is 0 Å². The number of nitrogens with two attached hydrogens (primary N) is 1. The van der Waals surface area contributed by atoms with E-state index < -0.39 is 11.9 Å². The molecule has 5 heteroatoms. The van der Waals surface area contributed by atoms with Crippen molar-refractivity contribution in [1.82, 2.24) is 5.32 Å². The molecule has 0 saturated carbocycles. The number of benzene rings is 1. The lowest BCUT2D eigenvalue weighted by atomic mass is 9.97. The average Bonchev–Trinajstić information content (AvgIpc) is 2.40. The van der Waals surface area contributed by atoms with Crippen LogP contribution in [0.5, 0.6) is 0 Å². The molecule has 1 aromatic carbocycles. The first kappa shape index (κ1) is 16.2. The van der Waals surface area contributed by atoms with Crippen LogP contribution in [0, 0.1) is 0 Å². The Morgan fingerprint density at radius 2 is 1.95 bits per heavy atom. The molecule has 0 spiro atoms. The first-order valence-electron chi connectivity index (χ1n) is 6.85. The van der Waals surface area contributed by atoms with Gasteiger partial charge >= 0.3 is 5.97 Å². The minimum Gasteiger partial charge on any atom is -0.481 e. The van der Waals surface area contributed by atoms with Gasteiger partial charge in [-0.3, -0.25) is 9.59 Å². The Bertz CT molecular complexity index is 434. The third-order valence-electron chi connectivity index (χ3n) is 3.16. The fourth-order valence-electron chi connectivity index (χ4n) is 2.17. The molecule has 1 aromatic rings. The fraction of sp³-hybridized carbons (Fsp3) is 0.467. The summed E-state index contributed by atoms with van der Waals surface area (Å²) in [7, 11) is 0. The molecule has 20 heavy (non-hydrogen) atoms. The van der Waals surface area contributed by atoms with Crippen molar-refractivity contribution in [3.63, 3.8) is 0 Å². The molecule has 0 aliphatic carbocycles. The molecule has 0 fully saturated rings. The molecule has 110 valence electrons. The van der Waals surface area contributed by atoms with E-state index in [0.717, 1.165) is 12.0 Å². The predicted molar refractivity (Wildman–Crippen MR) is 77.3 cm³/mol. The van der Waals surface area contributed by atoms with Crippen LogP contribution in [0.25, 0.3) is 0 Å². The minimum atomic E-state index is -0.909. The van der Waals surface area contributed by atoms with Crippen LogP contribution in [-0.4, -0.2) is 29.6 Å². The van der Waals surface area contributed by atoms with Crippen molar-refractivity contribution in [3.8, 4) is 0 Å². The monoisotopic (exact) mass is 278 g/mol. The lowest BCUT2D eigenvalue weighted by Gasteiger charge is -2.21. The van der Waals surface area contributed by atoms with E-state index in [0.29, 0.717) is 6.42 Å². The summed E-state index contributed by atoms with van der Waals surface area (Å²) in [6.45, 7) is 2.15. The number of hydrogen-bond acceptors (Lipinski definition) is 3. The maximum atomic E-state index is 12.3. The highest BCUT2D eigenvalue weighted by molar-refractivity contribution is 5.84. The number of carbonyl (C=O) groups excluding carboxylic acids is 1. The number of nitrogens with one attached hydrogen (secondary N) is 1. The minimum absolute atomic E-state index is 0.0638. The van der Waals surface area contributed by atoms with Gasteiger partial charge in [0.2, 0.25) is 5.91 Å². The van der Waals surface area contributed by atoms with Gasteiger partial charge in [-0.15, -0.1) is 0 Å². The molecule has 2 unspecified atom stereocenters. The summed E-state index contributed by atoms with van der Waals surface area (Å²) in [4.78, 5) is 23.1. The maximum absolute atomic E-state index is 12.3. The second-order valence-electron chi connectivity index (χ2n) is 4.79. The number of amides is 1. The van der Waals surface area contributed by atoms with E-state index in [1.807, 2.05) is 37.3 Å². The summed E-state index contributed by atoms with van der Waals surface area (Å²) >= 11 is 0. The van der Waals surface area contributed by atoms with Gasteiger partial charge in [0.15, 0.2) is 0 Å². The van der Waals surface area contributed by atoms with Gasteiger partial charge < -0.3 is 16.2 Å². The third-order valence-corrected chi connectivity index (χ3v) is 3.16. The predicted octanol–water partition coefficient (Wildman–Crippen LogP) is 1.49. The molecule has 0 saturated heterocycles. The molecular formula is C15H22N2O3. The summed E-state index contributed by atoms with van der Waals surface area (Å²) in [5.74, 6) is -1.56. The van der Waals surface area contributed by atoms with Crippen LogP contribution in [0.3, 0.4) is 0 Å². The van der Waals surface area contributed by atoms with E-state index in [4.69, 9.17) is 10.8 Å². The van der Waals surface area contributed by atoms with Gasteiger partial charge in [0.25, 0.3) is 0 Å². The average molecular weight is 278 g/mol. The number of carboxylic acids is 1. The second-order valence-corrected chi connectivity index (χ2v) is 4.79. The van der Waals surface area contributed by atoms with Gasteiger partial charge in [-0.25, -0.2) is 0 Å². The van der Waals surface area contributed by atoms with Gasteiger partial charge in [-0.1, -0.05) is 43.7 Å². The molecule has 1 amide bonds. The summed E-state index contributed by atoms with van der Waals surface area (Å²) < 4.78 is 0. The van der Waals surface area contributed by atoms with Crippen molar-refractivity contribution < 1.29 is 14.7 Å². The number of aliphatic carboxylic acids is 1. The first-order chi connectivity index (χ1) is 9.58. The van der Waals surface area contributed by atoms with Gasteiger partial charge in [-0.05, 0) is 12.0 Å². The van der Waals surface area contributed by atoms with Gasteiger partial charge in [0.1, 0.15) is 0 Å². The molecule has 0 aliphatic rings. The first-order valence-corrected chi connectivity index (χ1v) is 6.85. The zero-order valence-electron chi connectivity index (χ0n) is 11.7. The van der Waals surface area contributed by atoms with Crippen LogP contribution < -0.4 is 11.1 Å². The van der Waals surface area contributed by atoms with Crippen LogP contribution in [0.2, 0.25) is 0 Å². The highest BCUT2D eigenvalue weighted by atomic mass is 16.4. The molecule has 0 bridgehead atoms. The van der Waals surface area contributed by atoms with E-state index in [2.05, 4.69) is 5.32 Å². The van der Waals surface area contributed by atoms with Crippen molar-refractivity contribution >= 4 is 11.9 Å². The fourth-order valence-corrected chi connectivity index (χ4v) is 2.17. The lowest BCUT2D eigenvalue weighted by Crippen LogP contribution is -2.41. The highest BCUT2D eigenvalue weighted by Gasteiger charge is 2.22. The molecule has 0 heterocycles. The topological polar surface area (TPSA) is 92.4 Å². The zero-order valence-corrected chi connectivity index (χ0v) is 11.7. The van der Waals surface area contributed by atoms with Crippen LogP contribution in [-0.2, 0) is 9.59 Å². The Balaban J connectivity index is 2.73. The van der Waals surface area contributed by atoms with E-state index in [1.165, 1.54) is 0 Å². The standard InChI is InChI=1S/C15H22N2O3/c1-2-6-12(9-14(18)19)17-15(20)13(10-16)11-7-4-3-5-8-11/h3-5,7-8,12-13H,2,6,9-10,16H2,1H3,(H,17,20)(H,18,19). The Kier molecular flexibility index (Phi) is 6.73. The summed E-state index contributed by atoms with van der Waals surface area (Å²) in [6, 6.07) is 8.94. The van der Waals surface area contributed by atoms with E-state index in [9.17, 15) is 9.59 Å². The Morgan fingerprint density at radius 1 is 1.30 bits per heavy atom. The van der Waals surface area contributed by atoms with E-state index in [1.54, 1.807) is 0 Å². The Hall–Kier alpha value is -1.88. The Morgan fingerprint density at radius 3 is 2.45 bits per heavy atom. The third kappa shape index (κ3) is 5.01. The largest absolute Gasteiger partial charge is 0.481 e. The molecule has 1 rings (SSSR count). The van der Waals surface area contributed by atoms with E-state index >= 15 is 0 Å². The molecule has 0 aliphatic heterocycles. The molecule has 4 N–H and O–H groups in total. The van der Waals surface area contributed by atoms with E-state index in [-0.39, 0.29) is 24.9 Å². The quantitative estimate of drug-likeness (QED) is 0.671. The van der Waals surface area contributed by atoms with Crippen LogP contribution in [0.1, 0.15) is 37.7 Å². The normalized spacial score (nSPS) is 13.5. The Labute approximate surface area is 119 Å². The summed E-state index contributed by atoms with van der Waals surface area (Å²) in [5.41, 5.74) is 6.52. The van der Waals surface area contributed by atoms with Crippen molar-refractivity contribution in [2.75, 3.05) is 6.54 Å². The molecule has 2 atom stereocenters. The van der Waals surface area contributed by atoms with Crippen molar-refractivity contribution in [3.05, 3.63) is 35.9 Å². The van der Waals surface area contributed by atoms with Crippen molar-refractivity contribution in [2.24, 2.45) is 5.73 Å². The molecule has 0 radical (unpaired) electrons. The summed E-state index contributed by atoms with van der Waals surface area (Å²) in [5, 5.41) is 11.7. The number of carbonyl (C=O) groups is 2. The SMILES string of the molecule is CCCC(CC(=O)O)NC(=O)C(CN)c1ccccc1. The van der Waals surface area contributed by atoms with Gasteiger partial charge in [0.05, 0.1) is 12.3 Å². The highest BCUT2D eigenvalue weighted by Crippen LogP contribution is 2.15. The summed E-state index contributed by atoms with van der Waals surface area (Å²) in [6.07, 6.45) is 1.40. The molecular weight excluding hydrogens is 256 g/mol. The van der Waals surface area contributed by atoms with Crippen molar-refractivity contribution in [2.45, 2.75) is 38.1 Å². The lowest BCUT2D eigenvalue weighted by molar-refractivity contribution is -0.137. The number of carboxylic acid groups (broad SMARTS) is 1. The number of hydrogen-bond donors (Lipinski definition) is 3. The van der Waals surface area contributed by atoms with Gasteiger partial charge in [0, 0.05) is 12.6 Å². The van der Waals surface area contributed by atoms with Crippen LogP contribution in [0.4, 0.5) is 0 Å². The maximum Gasteiger partial charge on any atom is 0.305 e. The zero-order chi connectivity index (χ0) is 15.0. The molecule has 0 aromatic heterocycles. The molecule has 5 nitrogen and oxygen atoms in total. The number of rotatable bonds is 8. The van der Waals surface area contributed by atoms with Crippen LogP contribution >= 0.6 is 0 Å². The second kappa shape index (κ2) is 8.32.